The number of piperidine rings is 2. The van der Waals surface area contributed by atoms with Gasteiger partial charge in [-0.2, -0.15) is 0 Å². The largest absolute Gasteiger partial charge is 0.342 e. The molecule has 4 fully saturated rings. The lowest BCUT2D eigenvalue weighted by molar-refractivity contribution is -0.138. The molecule has 3 aliphatic heterocycles. The fraction of sp³-hybridized carbons (Fsp3) is 0.625. The fourth-order valence-electron chi connectivity index (χ4n) is 5.79. The Labute approximate surface area is 182 Å². The monoisotopic (exact) mass is 427 g/mol. The van der Waals surface area contributed by atoms with Crippen LogP contribution in [0.4, 0.5) is 10.1 Å². The Morgan fingerprint density at radius 1 is 0.935 bits per heavy atom. The maximum absolute atomic E-state index is 14.1. The van der Waals surface area contributed by atoms with E-state index < -0.39 is 11.7 Å². The lowest BCUT2D eigenvalue weighted by Crippen LogP contribution is -2.44. The summed E-state index contributed by atoms with van der Waals surface area (Å²) >= 11 is 0. The van der Waals surface area contributed by atoms with Crippen LogP contribution in [0.15, 0.2) is 24.3 Å². The third-order valence-corrected chi connectivity index (χ3v) is 7.84. The van der Waals surface area contributed by atoms with Crippen LogP contribution in [-0.2, 0) is 14.4 Å². The molecular weight excluding hydrogens is 397 g/mol. The van der Waals surface area contributed by atoms with Gasteiger partial charge in [0.15, 0.2) is 0 Å². The first-order chi connectivity index (χ1) is 15.0. The highest BCUT2D eigenvalue weighted by Gasteiger charge is 2.59. The van der Waals surface area contributed by atoms with Gasteiger partial charge in [-0.1, -0.05) is 12.1 Å². The lowest BCUT2D eigenvalue weighted by atomic mass is 9.89. The zero-order chi connectivity index (χ0) is 21.6. The maximum atomic E-state index is 14.1. The van der Waals surface area contributed by atoms with Gasteiger partial charge in [0.1, 0.15) is 5.82 Å². The average molecular weight is 428 g/mol. The number of carbonyl (C=O) groups is 3. The zero-order valence-electron chi connectivity index (χ0n) is 17.9. The minimum absolute atomic E-state index is 0.0124. The second-order valence-corrected chi connectivity index (χ2v) is 9.69. The predicted octanol–water partition coefficient (Wildman–Crippen LogP) is 2.82. The minimum Gasteiger partial charge on any atom is -0.342 e. The Bertz CT molecular complexity index is 890. The highest BCUT2D eigenvalue weighted by molar-refractivity contribution is 6.00. The van der Waals surface area contributed by atoms with E-state index in [1.54, 1.807) is 18.2 Å². The number of halogens is 1. The number of hydrogen-bond acceptors (Lipinski definition) is 3. The van der Waals surface area contributed by atoms with E-state index in [1.807, 2.05) is 9.80 Å². The van der Waals surface area contributed by atoms with Crippen molar-refractivity contribution < 1.29 is 18.8 Å². The molecule has 7 heteroatoms. The van der Waals surface area contributed by atoms with Gasteiger partial charge in [0.2, 0.25) is 17.7 Å². The number of amides is 3. The number of benzene rings is 1. The van der Waals surface area contributed by atoms with Gasteiger partial charge in [-0.25, -0.2) is 4.39 Å². The molecule has 3 amide bonds. The molecular formula is C24H30FN3O3. The van der Waals surface area contributed by atoms with E-state index >= 15 is 0 Å². The van der Waals surface area contributed by atoms with Gasteiger partial charge < -0.3 is 14.7 Å². The third kappa shape index (κ3) is 3.72. The van der Waals surface area contributed by atoms with Crippen molar-refractivity contribution >= 4 is 23.4 Å². The molecule has 5 rings (SSSR count). The van der Waals surface area contributed by atoms with Gasteiger partial charge in [0, 0.05) is 45.1 Å². The summed E-state index contributed by atoms with van der Waals surface area (Å²) in [4.78, 5) is 43.7. The molecule has 1 spiro atoms. The van der Waals surface area contributed by atoms with Crippen LogP contribution in [0.1, 0.15) is 44.9 Å². The normalized spacial score (nSPS) is 27.6. The standard InChI is InChI=1S/C24H30FN3O3/c25-19-6-2-3-7-20(19)28-16-17(14-21(28)29)22(30)27-12-8-24(9-13-27)15-18(24)23(31)26-10-4-1-5-11-26/h2-3,6-7,17-18H,1,4-5,8-16H2/t17-,18-/m1/s1. The fourth-order valence-corrected chi connectivity index (χ4v) is 5.79. The Kier molecular flexibility index (Phi) is 5.22. The van der Waals surface area contributed by atoms with Crippen LogP contribution in [0.3, 0.4) is 0 Å². The number of hydrogen-bond donors (Lipinski definition) is 0. The van der Waals surface area contributed by atoms with Gasteiger partial charge in [-0.3, -0.25) is 14.4 Å². The Morgan fingerprint density at radius 3 is 2.32 bits per heavy atom. The maximum Gasteiger partial charge on any atom is 0.228 e. The summed E-state index contributed by atoms with van der Waals surface area (Å²) in [5, 5.41) is 0. The number of likely N-dealkylation sites (tertiary alicyclic amines) is 2. The summed E-state index contributed by atoms with van der Waals surface area (Å²) in [6.45, 7) is 3.31. The van der Waals surface area contributed by atoms with E-state index in [1.165, 1.54) is 17.4 Å². The number of para-hydroxylation sites is 1. The van der Waals surface area contributed by atoms with Gasteiger partial charge in [-0.15, -0.1) is 0 Å². The molecule has 2 atom stereocenters. The third-order valence-electron chi connectivity index (χ3n) is 7.84. The molecule has 1 aliphatic carbocycles. The van der Waals surface area contributed by atoms with Crippen LogP contribution in [0.2, 0.25) is 0 Å². The van der Waals surface area contributed by atoms with Crippen molar-refractivity contribution in [2.45, 2.75) is 44.9 Å². The molecule has 166 valence electrons. The molecule has 0 unspecified atom stereocenters. The molecule has 4 aliphatic rings. The summed E-state index contributed by atoms with van der Waals surface area (Å²) < 4.78 is 14.1. The summed E-state index contributed by atoms with van der Waals surface area (Å²) in [6.07, 6.45) is 6.24. The van der Waals surface area contributed by atoms with E-state index in [0.717, 1.165) is 45.2 Å². The predicted molar refractivity (Wildman–Crippen MR) is 114 cm³/mol. The van der Waals surface area contributed by atoms with Crippen molar-refractivity contribution in [1.29, 1.82) is 0 Å². The van der Waals surface area contributed by atoms with Crippen molar-refractivity contribution in [3.63, 3.8) is 0 Å². The first kappa shape index (κ1) is 20.5. The number of anilines is 1. The van der Waals surface area contributed by atoms with E-state index in [0.29, 0.717) is 19.0 Å². The van der Waals surface area contributed by atoms with Crippen LogP contribution < -0.4 is 4.90 Å². The van der Waals surface area contributed by atoms with Crippen molar-refractivity contribution in [2.75, 3.05) is 37.6 Å². The first-order valence-corrected chi connectivity index (χ1v) is 11.6. The Morgan fingerprint density at radius 2 is 1.61 bits per heavy atom. The molecule has 31 heavy (non-hydrogen) atoms. The molecule has 0 N–H and O–H groups in total. The molecule has 0 bridgehead atoms. The Hall–Kier alpha value is -2.44. The van der Waals surface area contributed by atoms with Gasteiger partial charge in [0.25, 0.3) is 0 Å². The average Bonchev–Trinajstić information content (AvgIpc) is 3.35. The Balaban J connectivity index is 1.16. The molecule has 0 aromatic heterocycles. The van der Waals surface area contributed by atoms with Crippen LogP contribution in [0.5, 0.6) is 0 Å². The van der Waals surface area contributed by atoms with Gasteiger partial charge in [0.05, 0.1) is 11.6 Å². The molecule has 3 heterocycles. The topological polar surface area (TPSA) is 60.9 Å². The molecule has 1 aromatic rings. The summed E-state index contributed by atoms with van der Waals surface area (Å²) in [6, 6.07) is 6.20. The highest BCUT2D eigenvalue weighted by atomic mass is 19.1. The van der Waals surface area contributed by atoms with Crippen LogP contribution in [0, 0.1) is 23.1 Å². The van der Waals surface area contributed by atoms with E-state index in [-0.39, 0.29) is 41.8 Å². The van der Waals surface area contributed by atoms with Gasteiger partial charge >= 0.3 is 0 Å². The van der Waals surface area contributed by atoms with Gasteiger partial charge in [-0.05, 0) is 56.1 Å². The van der Waals surface area contributed by atoms with E-state index in [4.69, 9.17) is 0 Å². The SMILES string of the molecule is O=C([C@@H]1CC(=O)N(c2ccccc2F)C1)N1CCC2(CC1)C[C@@H]2C(=O)N1CCCCC1. The zero-order valence-corrected chi connectivity index (χ0v) is 17.9. The molecule has 0 radical (unpaired) electrons. The van der Waals surface area contributed by atoms with Crippen molar-refractivity contribution in [2.24, 2.45) is 17.3 Å². The second-order valence-electron chi connectivity index (χ2n) is 9.69. The smallest absolute Gasteiger partial charge is 0.228 e. The molecule has 1 saturated carbocycles. The van der Waals surface area contributed by atoms with E-state index in [2.05, 4.69) is 0 Å². The summed E-state index contributed by atoms with van der Waals surface area (Å²) in [5.74, 6) is -0.630. The summed E-state index contributed by atoms with van der Waals surface area (Å²) in [5.41, 5.74) is 0.327. The van der Waals surface area contributed by atoms with Crippen molar-refractivity contribution in [3.8, 4) is 0 Å². The quantitative estimate of drug-likeness (QED) is 0.745. The van der Waals surface area contributed by atoms with E-state index in [9.17, 15) is 18.8 Å². The second kappa shape index (κ2) is 7.92. The van der Waals surface area contributed by atoms with Crippen molar-refractivity contribution in [1.82, 2.24) is 9.80 Å². The summed E-state index contributed by atoms with van der Waals surface area (Å²) in [7, 11) is 0. The molecule has 6 nitrogen and oxygen atoms in total. The first-order valence-electron chi connectivity index (χ1n) is 11.6. The molecule has 3 saturated heterocycles. The minimum atomic E-state index is -0.443. The lowest BCUT2D eigenvalue weighted by Gasteiger charge is -2.35. The van der Waals surface area contributed by atoms with Crippen LogP contribution in [0.25, 0.3) is 0 Å². The van der Waals surface area contributed by atoms with Crippen LogP contribution >= 0.6 is 0 Å². The highest BCUT2D eigenvalue weighted by Crippen LogP contribution is 2.60. The van der Waals surface area contributed by atoms with Crippen molar-refractivity contribution in [3.05, 3.63) is 30.1 Å². The molecule has 1 aromatic carbocycles. The number of carbonyl (C=O) groups excluding carboxylic acids is 3. The van der Waals surface area contributed by atoms with Crippen LogP contribution in [-0.4, -0.2) is 60.2 Å². The number of rotatable bonds is 3. The number of nitrogens with zero attached hydrogens (tertiary/aromatic N) is 3.